The lowest BCUT2D eigenvalue weighted by Crippen LogP contribution is -2.31. The molecule has 1 aliphatic carbocycles. The number of nitrogens with one attached hydrogen (secondary N) is 2. The summed E-state index contributed by atoms with van der Waals surface area (Å²) in [5.41, 5.74) is 1.79. The fraction of sp³-hybridized carbons (Fsp3) is 0.481. The van der Waals surface area contributed by atoms with Crippen molar-refractivity contribution in [2.75, 3.05) is 7.11 Å². The highest BCUT2D eigenvalue weighted by Gasteiger charge is 2.26. The number of ether oxygens (including phenoxy) is 1. The molecule has 11 nitrogen and oxygen atoms in total. The second-order valence-corrected chi connectivity index (χ2v) is 10.7. The zero-order chi connectivity index (χ0) is 28.1. The minimum atomic E-state index is -0.638. The van der Waals surface area contributed by atoms with Crippen LogP contribution in [0.3, 0.4) is 0 Å². The van der Waals surface area contributed by atoms with Gasteiger partial charge in [-0.05, 0) is 45.4 Å². The molecule has 0 fully saturated rings. The maximum Gasteiger partial charge on any atom is 0.360 e. The van der Waals surface area contributed by atoms with E-state index in [0.717, 1.165) is 24.3 Å². The average molecular weight is 556 g/mol. The van der Waals surface area contributed by atoms with Gasteiger partial charge in [-0.25, -0.2) is 19.7 Å². The first-order valence-electron chi connectivity index (χ1n) is 12.9. The Balaban J connectivity index is 1.43. The molecule has 1 aliphatic rings. The van der Waals surface area contributed by atoms with Gasteiger partial charge in [0, 0.05) is 11.8 Å². The van der Waals surface area contributed by atoms with Gasteiger partial charge in [0.1, 0.15) is 28.8 Å². The van der Waals surface area contributed by atoms with Crippen LogP contribution in [-0.4, -0.2) is 39.8 Å². The van der Waals surface area contributed by atoms with Gasteiger partial charge in [0.05, 0.1) is 13.2 Å². The quantitative estimate of drug-likeness (QED) is 0.258. The van der Waals surface area contributed by atoms with Crippen LogP contribution < -0.4 is 10.6 Å². The first kappa shape index (κ1) is 28.2. The molecule has 2 amide bonds. The van der Waals surface area contributed by atoms with Crippen LogP contribution in [0.25, 0.3) is 11.6 Å². The molecule has 12 heteroatoms. The van der Waals surface area contributed by atoms with E-state index in [1.165, 1.54) is 36.7 Å². The van der Waals surface area contributed by atoms with E-state index < -0.39 is 17.9 Å². The van der Waals surface area contributed by atoms with Crippen molar-refractivity contribution >= 4 is 29.1 Å². The van der Waals surface area contributed by atoms with Gasteiger partial charge in [-0.2, -0.15) is 0 Å². The van der Waals surface area contributed by atoms with Crippen molar-refractivity contribution in [3.8, 4) is 11.6 Å². The third-order valence-corrected chi connectivity index (χ3v) is 7.34. The van der Waals surface area contributed by atoms with E-state index in [2.05, 4.69) is 36.4 Å². The standard InChI is InChI=1S/C27H33N5O6S/c1-14(2)21(31-20(33)11-17-9-7-6-8-10-17)26-30-19(13-39-26)25-32-22(16(4)38-25)23(34)28-15(3)24-29-18(12-37-24)27(35)36-5/h9,12-15,21H,6-8,10-11H2,1-5H3,(H,28,34)(H,31,33)/t15-,21-/m0/s1. The molecule has 0 bridgehead atoms. The number of thiazole rings is 1. The number of rotatable bonds is 10. The Morgan fingerprint density at radius 3 is 2.62 bits per heavy atom. The molecule has 0 radical (unpaired) electrons. The Morgan fingerprint density at radius 1 is 1.13 bits per heavy atom. The number of oxazole rings is 2. The van der Waals surface area contributed by atoms with Crippen molar-refractivity contribution in [2.24, 2.45) is 5.92 Å². The topological polar surface area (TPSA) is 149 Å². The fourth-order valence-electron chi connectivity index (χ4n) is 4.27. The van der Waals surface area contributed by atoms with Crippen LogP contribution in [0.1, 0.15) is 103 Å². The number of nitrogens with zero attached hydrogens (tertiary/aromatic N) is 3. The smallest absolute Gasteiger partial charge is 0.360 e. The summed E-state index contributed by atoms with van der Waals surface area (Å²) in [6.45, 7) is 7.37. The number of hydrogen-bond acceptors (Lipinski definition) is 10. The Morgan fingerprint density at radius 2 is 1.92 bits per heavy atom. The van der Waals surface area contributed by atoms with E-state index in [1.807, 2.05) is 13.8 Å². The van der Waals surface area contributed by atoms with Crippen LogP contribution in [0.2, 0.25) is 0 Å². The summed E-state index contributed by atoms with van der Waals surface area (Å²) in [5.74, 6) is -0.340. The van der Waals surface area contributed by atoms with Crippen molar-refractivity contribution in [2.45, 2.75) is 71.9 Å². The highest BCUT2D eigenvalue weighted by atomic mass is 32.1. The minimum absolute atomic E-state index is 0.00908. The van der Waals surface area contributed by atoms with Crippen molar-refractivity contribution in [3.63, 3.8) is 0 Å². The van der Waals surface area contributed by atoms with Gasteiger partial charge in [-0.1, -0.05) is 25.5 Å². The summed E-state index contributed by atoms with van der Waals surface area (Å²) in [7, 11) is 1.24. The first-order chi connectivity index (χ1) is 18.7. The molecule has 3 heterocycles. The van der Waals surface area contributed by atoms with Crippen LogP contribution in [0.15, 0.2) is 32.1 Å². The number of methoxy groups -OCH3 is 1. The summed E-state index contributed by atoms with van der Waals surface area (Å²) >= 11 is 1.41. The second-order valence-electron chi connectivity index (χ2n) is 9.83. The lowest BCUT2D eigenvalue weighted by molar-refractivity contribution is -0.121. The molecule has 0 saturated carbocycles. The highest BCUT2D eigenvalue weighted by Crippen LogP contribution is 2.30. The molecule has 2 N–H and O–H groups in total. The number of allylic oxidation sites excluding steroid dienone is 1. The van der Waals surface area contributed by atoms with Gasteiger partial charge < -0.3 is 24.2 Å². The zero-order valence-corrected chi connectivity index (χ0v) is 23.5. The summed E-state index contributed by atoms with van der Waals surface area (Å²) in [5, 5.41) is 8.43. The SMILES string of the molecule is COC(=O)c1coc([C@H](C)NC(=O)c2nc(-c3csc([C@@H](NC(=O)CC4=CCCCC4)C(C)C)n3)oc2C)n1. The molecule has 2 atom stereocenters. The molecule has 4 rings (SSSR count). The van der Waals surface area contributed by atoms with Crippen LogP contribution in [0.5, 0.6) is 0 Å². The summed E-state index contributed by atoms with van der Waals surface area (Å²) in [4.78, 5) is 50.4. The van der Waals surface area contributed by atoms with E-state index in [1.54, 1.807) is 19.2 Å². The molecular formula is C27H33N5O6S. The van der Waals surface area contributed by atoms with Crippen LogP contribution in [0, 0.1) is 12.8 Å². The maximum absolute atomic E-state index is 12.9. The maximum atomic E-state index is 12.9. The molecule has 39 heavy (non-hydrogen) atoms. The molecule has 0 unspecified atom stereocenters. The summed E-state index contributed by atoms with van der Waals surface area (Å²) in [6, 6.07) is -0.892. The molecular weight excluding hydrogens is 522 g/mol. The predicted octanol–water partition coefficient (Wildman–Crippen LogP) is 5.08. The molecule has 0 saturated heterocycles. The van der Waals surface area contributed by atoms with Gasteiger partial charge in [0.15, 0.2) is 11.4 Å². The third-order valence-electron chi connectivity index (χ3n) is 6.41. The van der Waals surface area contributed by atoms with Gasteiger partial charge in [-0.15, -0.1) is 11.3 Å². The predicted molar refractivity (Wildman–Crippen MR) is 143 cm³/mol. The van der Waals surface area contributed by atoms with Crippen molar-refractivity contribution in [1.29, 1.82) is 0 Å². The van der Waals surface area contributed by atoms with E-state index in [4.69, 9.17) is 8.83 Å². The Hall–Kier alpha value is -3.80. The number of esters is 1. The second kappa shape index (κ2) is 12.4. The number of amides is 2. The van der Waals surface area contributed by atoms with Crippen molar-refractivity contribution in [1.82, 2.24) is 25.6 Å². The Bertz CT molecular complexity index is 1370. The van der Waals surface area contributed by atoms with E-state index in [-0.39, 0.29) is 41.0 Å². The molecule has 3 aromatic heterocycles. The number of hydrogen-bond donors (Lipinski definition) is 2. The molecule has 0 spiro atoms. The molecule has 0 aromatic carbocycles. The van der Waals surface area contributed by atoms with E-state index >= 15 is 0 Å². The average Bonchev–Trinajstić information content (AvgIpc) is 3.67. The summed E-state index contributed by atoms with van der Waals surface area (Å²) in [6.07, 6.45) is 8.09. The number of aromatic nitrogens is 3. The van der Waals surface area contributed by atoms with Crippen molar-refractivity contribution in [3.05, 3.63) is 51.3 Å². The molecule has 3 aromatic rings. The van der Waals surface area contributed by atoms with Gasteiger partial charge in [-0.3, -0.25) is 9.59 Å². The van der Waals surface area contributed by atoms with Crippen LogP contribution in [0.4, 0.5) is 0 Å². The lowest BCUT2D eigenvalue weighted by Gasteiger charge is -2.21. The van der Waals surface area contributed by atoms with Crippen LogP contribution >= 0.6 is 11.3 Å². The van der Waals surface area contributed by atoms with Crippen LogP contribution in [-0.2, 0) is 9.53 Å². The van der Waals surface area contributed by atoms with Gasteiger partial charge in [0.25, 0.3) is 5.91 Å². The van der Waals surface area contributed by atoms with Gasteiger partial charge >= 0.3 is 5.97 Å². The summed E-state index contributed by atoms with van der Waals surface area (Å²) < 4.78 is 15.7. The highest BCUT2D eigenvalue weighted by molar-refractivity contribution is 7.10. The molecule has 0 aliphatic heterocycles. The first-order valence-corrected chi connectivity index (χ1v) is 13.8. The van der Waals surface area contributed by atoms with Gasteiger partial charge in [0.2, 0.25) is 17.7 Å². The zero-order valence-electron chi connectivity index (χ0n) is 22.7. The van der Waals surface area contributed by atoms with E-state index in [9.17, 15) is 14.4 Å². The Kier molecular flexibility index (Phi) is 8.95. The fourth-order valence-corrected chi connectivity index (χ4v) is 5.28. The van der Waals surface area contributed by atoms with E-state index in [0.29, 0.717) is 17.9 Å². The largest absolute Gasteiger partial charge is 0.464 e. The molecule has 208 valence electrons. The number of carbonyl (C=O) groups is 3. The Labute approximate surface area is 230 Å². The normalized spacial score (nSPS) is 15.0. The minimum Gasteiger partial charge on any atom is -0.464 e. The number of aryl methyl sites for hydroxylation is 1. The third kappa shape index (κ3) is 6.80. The monoisotopic (exact) mass is 555 g/mol. The number of carbonyl (C=O) groups excluding carboxylic acids is 3. The lowest BCUT2D eigenvalue weighted by atomic mass is 9.96. The van der Waals surface area contributed by atoms with Crippen molar-refractivity contribution < 1.29 is 28.0 Å².